The number of halogens is 1. The highest BCUT2D eigenvalue weighted by atomic mass is 35.5. The molecule has 1 aromatic rings. The first kappa shape index (κ1) is 11.5. The normalized spacial score (nSPS) is 18.5. The molecule has 0 unspecified atom stereocenters. The molecule has 2 rings (SSSR count). The third-order valence-electron chi connectivity index (χ3n) is 2.24. The molecule has 1 aliphatic heterocycles. The number of thioether (sulfide) groups is 1. The van der Waals surface area contributed by atoms with E-state index in [-0.39, 0.29) is 5.91 Å². The predicted octanol–water partition coefficient (Wildman–Crippen LogP) is 2.92. The second-order valence-corrected chi connectivity index (χ2v) is 4.62. The highest BCUT2D eigenvalue weighted by Crippen LogP contribution is 2.28. The lowest BCUT2D eigenvalue weighted by atomic mass is 10.3. The smallest absolute Gasteiger partial charge is 0.239 e. The molecule has 5 heteroatoms. The second kappa shape index (κ2) is 4.89. The molecule has 0 N–H and O–H groups in total. The maximum absolute atomic E-state index is 11.5. The van der Waals surface area contributed by atoms with Gasteiger partial charge in [0.15, 0.2) is 5.17 Å². The minimum Gasteiger partial charge on any atom is -0.291 e. The van der Waals surface area contributed by atoms with Crippen molar-refractivity contribution in [3.8, 4) is 0 Å². The maximum Gasteiger partial charge on any atom is 0.239 e. The van der Waals surface area contributed by atoms with E-state index in [0.717, 1.165) is 5.17 Å². The van der Waals surface area contributed by atoms with Crippen molar-refractivity contribution < 1.29 is 4.79 Å². The van der Waals surface area contributed by atoms with Gasteiger partial charge in [0.25, 0.3) is 0 Å². The summed E-state index contributed by atoms with van der Waals surface area (Å²) in [6.45, 7) is 2.58. The molecule has 0 aromatic heterocycles. The van der Waals surface area contributed by atoms with Gasteiger partial charge in [-0.2, -0.15) is 0 Å². The van der Waals surface area contributed by atoms with Gasteiger partial charge in [-0.1, -0.05) is 35.5 Å². The number of hydrogen-bond acceptors (Lipinski definition) is 3. The number of carbonyl (C=O) groups is 1. The molecule has 84 valence electrons. The average molecular weight is 255 g/mol. The number of rotatable bonds is 2. The summed E-state index contributed by atoms with van der Waals surface area (Å²) in [5, 5.41) is 1.34. The van der Waals surface area contributed by atoms with Crippen molar-refractivity contribution in [1.29, 1.82) is 0 Å². The third-order valence-corrected chi connectivity index (χ3v) is 3.52. The van der Waals surface area contributed by atoms with Crippen molar-refractivity contribution >= 4 is 40.1 Å². The summed E-state index contributed by atoms with van der Waals surface area (Å²) < 4.78 is 0. The molecule has 0 bridgehead atoms. The van der Waals surface area contributed by atoms with E-state index < -0.39 is 0 Å². The van der Waals surface area contributed by atoms with Crippen molar-refractivity contribution in [3.05, 3.63) is 29.3 Å². The molecule has 16 heavy (non-hydrogen) atoms. The summed E-state index contributed by atoms with van der Waals surface area (Å²) in [5.74, 6) is 0.579. The first-order valence-corrected chi connectivity index (χ1v) is 6.35. The number of nitrogens with zero attached hydrogens (tertiary/aromatic N) is 2. The van der Waals surface area contributed by atoms with Crippen LogP contribution < -0.4 is 0 Å². The van der Waals surface area contributed by atoms with Crippen LogP contribution in [0.2, 0.25) is 5.02 Å². The molecule has 1 aromatic carbocycles. The van der Waals surface area contributed by atoms with Crippen molar-refractivity contribution in [2.75, 3.05) is 12.3 Å². The fraction of sp³-hybridized carbons (Fsp3) is 0.273. The first-order chi connectivity index (χ1) is 7.72. The van der Waals surface area contributed by atoms with Crippen LogP contribution in [0, 0.1) is 0 Å². The van der Waals surface area contributed by atoms with Crippen LogP contribution in [0.25, 0.3) is 0 Å². The van der Waals surface area contributed by atoms with Gasteiger partial charge in [-0.3, -0.25) is 9.69 Å². The van der Waals surface area contributed by atoms with Crippen molar-refractivity contribution in [3.63, 3.8) is 0 Å². The van der Waals surface area contributed by atoms with E-state index in [2.05, 4.69) is 4.99 Å². The van der Waals surface area contributed by atoms with Crippen LogP contribution >= 0.6 is 23.4 Å². The summed E-state index contributed by atoms with van der Waals surface area (Å²) >= 11 is 7.46. The van der Waals surface area contributed by atoms with E-state index >= 15 is 0 Å². The summed E-state index contributed by atoms with van der Waals surface area (Å²) in [7, 11) is 0. The molecule has 1 aliphatic rings. The Bertz CT molecular complexity index is 447. The molecule has 1 saturated heterocycles. The number of carbonyl (C=O) groups excluding carboxylic acids is 1. The number of benzene rings is 1. The van der Waals surface area contributed by atoms with Gasteiger partial charge in [0, 0.05) is 6.54 Å². The molecule has 1 heterocycles. The van der Waals surface area contributed by atoms with Crippen LogP contribution in [0.5, 0.6) is 0 Å². The molecule has 0 spiro atoms. The zero-order valence-electron chi connectivity index (χ0n) is 8.81. The molecular formula is C11H11ClN2OS. The zero-order chi connectivity index (χ0) is 11.5. The molecule has 0 saturated carbocycles. The van der Waals surface area contributed by atoms with Crippen LogP contribution in [0.1, 0.15) is 6.92 Å². The first-order valence-electron chi connectivity index (χ1n) is 4.98. The third kappa shape index (κ3) is 2.23. The average Bonchev–Trinajstić information content (AvgIpc) is 2.63. The van der Waals surface area contributed by atoms with Gasteiger partial charge in [-0.25, -0.2) is 4.99 Å². The van der Waals surface area contributed by atoms with Gasteiger partial charge in [0.2, 0.25) is 5.91 Å². The standard InChI is InChI=1S/C11H11ClN2OS/c1-2-14-10(15)7-16-11(14)13-9-6-4-3-5-8(9)12/h3-6H,2,7H2,1H3. The fourth-order valence-electron chi connectivity index (χ4n) is 1.44. The Morgan fingerprint density at radius 2 is 2.25 bits per heavy atom. The Balaban J connectivity index is 2.31. The zero-order valence-corrected chi connectivity index (χ0v) is 10.4. The lowest BCUT2D eigenvalue weighted by molar-refractivity contribution is -0.123. The monoisotopic (exact) mass is 254 g/mol. The molecule has 0 radical (unpaired) electrons. The van der Waals surface area contributed by atoms with Crippen LogP contribution in [-0.2, 0) is 4.79 Å². The number of amidine groups is 1. The van der Waals surface area contributed by atoms with Crippen LogP contribution in [0.15, 0.2) is 29.3 Å². The predicted molar refractivity (Wildman–Crippen MR) is 68.4 cm³/mol. The molecular weight excluding hydrogens is 244 g/mol. The minimum absolute atomic E-state index is 0.110. The molecule has 1 fully saturated rings. The van der Waals surface area contributed by atoms with E-state index in [1.165, 1.54) is 11.8 Å². The van der Waals surface area contributed by atoms with Gasteiger partial charge in [0.05, 0.1) is 16.5 Å². The molecule has 1 amide bonds. The Morgan fingerprint density at radius 1 is 1.50 bits per heavy atom. The van der Waals surface area contributed by atoms with Crippen LogP contribution in [0.3, 0.4) is 0 Å². The quantitative estimate of drug-likeness (QED) is 0.813. The number of aliphatic imine (C=N–C) groups is 1. The Labute approximate surface area is 103 Å². The SMILES string of the molecule is CCN1C(=O)CSC1=Nc1ccccc1Cl. The van der Waals surface area contributed by atoms with Crippen molar-refractivity contribution in [2.24, 2.45) is 4.99 Å². The van der Waals surface area contributed by atoms with Crippen LogP contribution in [-0.4, -0.2) is 28.3 Å². The molecule has 3 nitrogen and oxygen atoms in total. The number of para-hydroxylation sites is 1. The Hall–Kier alpha value is -1.00. The summed E-state index contributed by atoms with van der Waals surface area (Å²) in [5.41, 5.74) is 0.708. The molecule has 0 atom stereocenters. The number of amides is 1. The van der Waals surface area contributed by atoms with Gasteiger partial charge < -0.3 is 0 Å². The summed E-state index contributed by atoms with van der Waals surface area (Å²) in [6.07, 6.45) is 0. The lowest BCUT2D eigenvalue weighted by Gasteiger charge is -2.12. The van der Waals surface area contributed by atoms with E-state index in [1.54, 1.807) is 11.0 Å². The highest BCUT2D eigenvalue weighted by molar-refractivity contribution is 8.15. The van der Waals surface area contributed by atoms with E-state index in [9.17, 15) is 4.79 Å². The highest BCUT2D eigenvalue weighted by Gasteiger charge is 2.26. The van der Waals surface area contributed by atoms with E-state index in [0.29, 0.717) is 23.0 Å². The van der Waals surface area contributed by atoms with Crippen LogP contribution in [0.4, 0.5) is 5.69 Å². The van der Waals surface area contributed by atoms with Gasteiger partial charge in [0.1, 0.15) is 0 Å². The fourth-order valence-corrected chi connectivity index (χ4v) is 2.57. The van der Waals surface area contributed by atoms with Gasteiger partial charge >= 0.3 is 0 Å². The van der Waals surface area contributed by atoms with Crippen molar-refractivity contribution in [2.45, 2.75) is 6.92 Å². The van der Waals surface area contributed by atoms with E-state index in [4.69, 9.17) is 11.6 Å². The Morgan fingerprint density at radius 3 is 2.94 bits per heavy atom. The molecule has 0 aliphatic carbocycles. The number of hydrogen-bond donors (Lipinski definition) is 0. The van der Waals surface area contributed by atoms with E-state index in [1.807, 2.05) is 25.1 Å². The van der Waals surface area contributed by atoms with Gasteiger partial charge in [-0.05, 0) is 19.1 Å². The largest absolute Gasteiger partial charge is 0.291 e. The summed E-state index contributed by atoms with van der Waals surface area (Å²) in [4.78, 5) is 17.6. The van der Waals surface area contributed by atoms with Crippen molar-refractivity contribution in [1.82, 2.24) is 4.90 Å². The Kier molecular flexibility index (Phi) is 3.51. The topological polar surface area (TPSA) is 32.7 Å². The summed E-state index contributed by atoms with van der Waals surface area (Å²) in [6, 6.07) is 7.37. The maximum atomic E-state index is 11.5. The minimum atomic E-state index is 0.110. The lowest BCUT2D eigenvalue weighted by Crippen LogP contribution is -2.28. The second-order valence-electron chi connectivity index (χ2n) is 3.27. The van der Waals surface area contributed by atoms with Gasteiger partial charge in [-0.15, -0.1) is 0 Å².